The maximum atomic E-state index is 10.0. The second-order valence-corrected chi connectivity index (χ2v) is 5.85. The number of aliphatic hydroxyl groups is 1. The van der Waals surface area contributed by atoms with Crippen molar-refractivity contribution in [2.45, 2.75) is 19.4 Å². The van der Waals surface area contributed by atoms with E-state index in [2.05, 4.69) is 22.4 Å². The van der Waals surface area contributed by atoms with Gasteiger partial charge < -0.3 is 14.7 Å². The van der Waals surface area contributed by atoms with Gasteiger partial charge in [0.1, 0.15) is 5.75 Å². The Kier molecular flexibility index (Phi) is 5.04. The van der Waals surface area contributed by atoms with Crippen molar-refractivity contribution >= 4 is 17.0 Å². The molecule has 20 heavy (non-hydrogen) atoms. The topological polar surface area (TPSA) is 32.7 Å². The van der Waals surface area contributed by atoms with E-state index in [-0.39, 0.29) is 0 Å². The van der Waals surface area contributed by atoms with Crippen LogP contribution in [0, 0.1) is 0 Å². The summed E-state index contributed by atoms with van der Waals surface area (Å²) < 4.78 is 5.36. The molecule has 2 rings (SSSR count). The predicted molar refractivity (Wildman–Crippen MR) is 84.9 cm³/mol. The molecule has 1 N–H and O–H groups in total. The van der Waals surface area contributed by atoms with Crippen molar-refractivity contribution in [2.75, 3.05) is 25.6 Å². The van der Waals surface area contributed by atoms with E-state index in [1.54, 1.807) is 25.4 Å². The molecular weight excluding hydrogens is 270 g/mol. The van der Waals surface area contributed by atoms with E-state index >= 15 is 0 Å². The molecule has 2 aromatic rings. The maximum absolute atomic E-state index is 10.0. The van der Waals surface area contributed by atoms with Crippen molar-refractivity contribution < 1.29 is 9.84 Å². The van der Waals surface area contributed by atoms with E-state index in [9.17, 15) is 5.11 Å². The number of anilines is 1. The lowest BCUT2D eigenvalue weighted by molar-refractivity contribution is 0.194. The minimum absolute atomic E-state index is 0.551. The van der Waals surface area contributed by atoms with Crippen LogP contribution >= 0.6 is 11.3 Å². The monoisotopic (exact) mass is 291 g/mol. The first-order chi connectivity index (χ1) is 9.63. The summed E-state index contributed by atoms with van der Waals surface area (Å²) in [7, 11) is 3.69. The van der Waals surface area contributed by atoms with Crippen LogP contribution in [0.2, 0.25) is 0 Å². The molecule has 0 aliphatic carbocycles. The Morgan fingerprint density at radius 1 is 1.30 bits per heavy atom. The van der Waals surface area contributed by atoms with Crippen LogP contribution in [0.15, 0.2) is 35.7 Å². The van der Waals surface area contributed by atoms with Gasteiger partial charge in [-0.15, -0.1) is 11.3 Å². The quantitative estimate of drug-likeness (QED) is 0.884. The Balaban J connectivity index is 2.18. The average Bonchev–Trinajstić information content (AvgIpc) is 2.96. The Labute approximate surface area is 124 Å². The third-order valence-corrected chi connectivity index (χ3v) is 4.30. The number of rotatable bonds is 6. The molecule has 0 bridgehead atoms. The smallest absolute Gasteiger partial charge is 0.126 e. The average molecular weight is 291 g/mol. The Bertz CT molecular complexity index is 537. The van der Waals surface area contributed by atoms with E-state index in [4.69, 9.17) is 4.74 Å². The highest BCUT2D eigenvalue weighted by Crippen LogP contribution is 2.34. The lowest BCUT2D eigenvalue weighted by atomic mass is 10.1. The van der Waals surface area contributed by atoms with Gasteiger partial charge >= 0.3 is 0 Å². The molecule has 0 amide bonds. The van der Waals surface area contributed by atoms with Crippen molar-refractivity contribution in [3.8, 4) is 5.75 Å². The number of benzene rings is 1. The minimum atomic E-state index is -0.551. The summed E-state index contributed by atoms with van der Waals surface area (Å²) in [6.45, 7) is 2.68. The van der Waals surface area contributed by atoms with Gasteiger partial charge in [0.25, 0.3) is 0 Å². The molecule has 0 saturated heterocycles. The SMILES string of the molecule is COc1cccc(N(C)CCc2cccs2)c1[C@@H](C)O. The zero-order chi connectivity index (χ0) is 14.5. The maximum Gasteiger partial charge on any atom is 0.126 e. The summed E-state index contributed by atoms with van der Waals surface area (Å²) in [4.78, 5) is 3.54. The summed E-state index contributed by atoms with van der Waals surface area (Å²) in [6, 6.07) is 10.1. The zero-order valence-corrected chi connectivity index (χ0v) is 13.0. The number of ether oxygens (including phenoxy) is 1. The predicted octanol–water partition coefficient (Wildman–Crippen LogP) is 3.49. The number of hydrogen-bond acceptors (Lipinski definition) is 4. The third-order valence-electron chi connectivity index (χ3n) is 3.37. The number of hydrogen-bond donors (Lipinski definition) is 1. The van der Waals surface area contributed by atoms with E-state index in [1.807, 2.05) is 25.2 Å². The van der Waals surface area contributed by atoms with Gasteiger partial charge in [0.05, 0.1) is 13.2 Å². The molecule has 0 spiro atoms. The van der Waals surface area contributed by atoms with Gasteiger partial charge in [0, 0.05) is 29.7 Å². The number of thiophene rings is 1. The standard InChI is InChI=1S/C16H21NO2S/c1-12(18)16-14(7-4-8-15(16)19-3)17(2)10-9-13-6-5-11-20-13/h4-8,11-12,18H,9-10H2,1-3H3/t12-/m1/s1. The zero-order valence-electron chi connectivity index (χ0n) is 12.2. The molecular formula is C16H21NO2S. The summed E-state index contributed by atoms with van der Waals surface area (Å²) in [5.41, 5.74) is 1.87. The van der Waals surface area contributed by atoms with Crippen LogP contribution in [-0.2, 0) is 6.42 Å². The van der Waals surface area contributed by atoms with Crippen LogP contribution in [-0.4, -0.2) is 25.8 Å². The van der Waals surface area contributed by atoms with Gasteiger partial charge in [-0.05, 0) is 36.9 Å². The fraction of sp³-hybridized carbons (Fsp3) is 0.375. The molecule has 1 aromatic heterocycles. The second-order valence-electron chi connectivity index (χ2n) is 4.82. The number of methoxy groups -OCH3 is 1. The Hall–Kier alpha value is -1.52. The van der Waals surface area contributed by atoms with Crippen LogP contribution in [0.5, 0.6) is 5.75 Å². The lowest BCUT2D eigenvalue weighted by Gasteiger charge is -2.25. The summed E-state index contributed by atoms with van der Waals surface area (Å²) in [5.74, 6) is 0.737. The van der Waals surface area contributed by atoms with E-state index in [0.29, 0.717) is 0 Å². The number of aliphatic hydroxyl groups excluding tert-OH is 1. The summed E-state index contributed by atoms with van der Waals surface area (Å²) in [5, 5.41) is 12.1. The van der Waals surface area contributed by atoms with Crippen molar-refractivity contribution in [3.05, 3.63) is 46.2 Å². The van der Waals surface area contributed by atoms with Crippen molar-refractivity contribution in [1.82, 2.24) is 0 Å². The first-order valence-corrected chi connectivity index (χ1v) is 7.60. The Morgan fingerprint density at radius 3 is 2.70 bits per heavy atom. The molecule has 1 heterocycles. The molecule has 1 atom stereocenters. The molecule has 108 valence electrons. The molecule has 0 unspecified atom stereocenters. The second kappa shape index (κ2) is 6.77. The fourth-order valence-corrected chi connectivity index (χ4v) is 3.01. The van der Waals surface area contributed by atoms with Crippen LogP contribution in [0.25, 0.3) is 0 Å². The highest BCUT2D eigenvalue weighted by molar-refractivity contribution is 7.09. The van der Waals surface area contributed by atoms with Crippen molar-refractivity contribution in [2.24, 2.45) is 0 Å². The molecule has 3 nitrogen and oxygen atoms in total. The first-order valence-electron chi connectivity index (χ1n) is 6.72. The van der Waals surface area contributed by atoms with E-state index < -0.39 is 6.10 Å². The molecule has 4 heteroatoms. The van der Waals surface area contributed by atoms with Gasteiger partial charge in [0.2, 0.25) is 0 Å². The van der Waals surface area contributed by atoms with Crippen LogP contribution in [0.1, 0.15) is 23.5 Å². The highest BCUT2D eigenvalue weighted by Gasteiger charge is 2.16. The fourth-order valence-electron chi connectivity index (χ4n) is 2.32. The number of nitrogens with zero attached hydrogens (tertiary/aromatic N) is 1. The van der Waals surface area contributed by atoms with Gasteiger partial charge in [-0.1, -0.05) is 12.1 Å². The van der Waals surface area contributed by atoms with Crippen LogP contribution < -0.4 is 9.64 Å². The molecule has 0 saturated carbocycles. The largest absolute Gasteiger partial charge is 0.496 e. The third kappa shape index (κ3) is 3.32. The summed E-state index contributed by atoms with van der Waals surface area (Å²) in [6.07, 6.45) is 0.454. The molecule has 0 aliphatic rings. The van der Waals surface area contributed by atoms with Gasteiger partial charge in [-0.2, -0.15) is 0 Å². The van der Waals surface area contributed by atoms with E-state index in [1.165, 1.54) is 4.88 Å². The molecule has 0 fully saturated rings. The highest BCUT2D eigenvalue weighted by atomic mass is 32.1. The number of likely N-dealkylation sites (N-methyl/N-ethyl adjacent to an activating group) is 1. The van der Waals surface area contributed by atoms with Crippen LogP contribution in [0.3, 0.4) is 0 Å². The molecule has 0 aliphatic heterocycles. The van der Waals surface area contributed by atoms with Crippen molar-refractivity contribution in [1.29, 1.82) is 0 Å². The lowest BCUT2D eigenvalue weighted by Crippen LogP contribution is -2.22. The first kappa shape index (κ1) is 14.9. The van der Waals surface area contributed by atoms with Crippen molar-refractivity contribution in [3.63, 3.8) is 0 Å². The molecule has 0 radical (unpaired) electrons. The van der Waals surface area contributed by atoms with Crippen LogP contribution in [0.4, 0.5) is 5.69 Å². The van der Waals surface area contributed by atoms with E-state index in [0.717, 1.165) is 30.0 Å². The van der Waals surface area contributed by atoms with Gasteiger partial charge in [-0.3, -0.25) is 0 Å². The van der Waals surface area contributed by atoms with Gasteiger partial charge in [0.15, 0.2) is 0 Å². The molecule has 1 aromatic carbocycles. The Morgan fingerprint density at radius 2 is 2.10 bits per heavy atom. The summed E-state index contributed by atoms with van der Waals surface area (Å²) >= 11 is 1.78. The normalized spacial score (nSPS) is 12.2. The van der Waals surface area contributed by atoms with Gasteiger partial charge in [-0.25, -0.2) is 0 Å². The minimum Gasteiger partial charge on any atom is -0.496 e.